The molecule has 26 heavy (non-hydrogen) atoms. The zero-order chi connectivity index (χ0) is 20.1. The zero-order valence-corrected chi connectivity index (χ0v) is 16.3. The van der Waals surface area contributed by atoms with E-state index in [1.807, 2.05) is 13.8 Å². The number of nitrogens with one attached hydrogen (secondary N) is 1. The van der Waals surface area contributed by atoms with Crippen LogP contribution < -0.4 is 5.32 Å². The molecule has 8 nitrogen and oxygen atoms in total. The van der Waals surface area contributed by atoms with Crippen LogP contribution in [0.15, 0.2) is 0 Å². The molecule has 1 fully saturated rings. The fourth-order valence-corrected chi connectivity index (χ4v) is 3.28. The Balaban J connectivity index is 2.93. The van der Waals surface area contributed by atoms with Gasteiger partial charge in [-0.3, -0.25) is 4.79 Å². The summed E-state index contributed by atoms with van der Waals surface area (Å²) >= 11 is 0. The van der Waals surface area contributed by atoms with Gasteiger partial charge < -0.3 is 25.2 Å². The van der Waals surface area contributed by atoms with Crippen molar-refractivity contribution in [3.63, 3.8) is 0 Å². The van der Waals surface area contributed by atoms with Gasteiger partial charge in [0, 0.05) is 13.2 Å². The summed E-state index contributed by atoms with van der Waals surface area (Å²) in [6.07, 6.45) is 0.398. The number of rotatable bonds is 7. The first kappa shape index (κ1) is 22.2. The molecule has 150 valence electrons. The van der Waals surface area contributed by atoms with Crippen LogP contribution in [-0.4, -0.2) is 63.9 Å². The second-order valence-electron chi connectivity index (χ2n) is 8.08. The number of aliphatic hydroxyl groups excluding tert-OH is 1. The summed E-state index contributed by atoms with van der Waals surface area (Å²) in [6, 6.07) is -1.83. The van der Waals surface area contributed by atoms with E-state index in [2.05, 4.69) is 5.32 Å². The number of amides is 2. The van der Waals surface area contributed by atoms with Gasteiger partial charge >= 0.3 is 12.1 Å². The SMILES string of the molecule is CC(C)C1CCN(C(=O)[C@H](CCCO)NC(=O)OC(C)(C)C)[C@@H]1C(=O)O. The largest absolute Gasteiger partial charge is 0.480 e. The smallest absolute Gasteiger partial charge is 0.408 e. The number of aliphatic hydroxyl groups is 1. The normalized spacial score (nSPS) is 21.6. The van der Waals surface area contributed by atoms with Crippen molar-refractivity contribution in [2.75, 3.05) is 13.2 Å². The average Bonchev–Trinajstić information content (AvgIpc) is 2.94. The van der Waals surface area contributed by atoms with Crippen molar-refractivity contribution in [3.05, 3.63) is 0 Å². The molecule has 1 unspecified atom stereocenters. The maximum atomic E-state index is 12.9. The van der Waals surface area contributed by atoms with Crippen molar-refractivity contribution in [2.45, 2.75) is 71.6 Å². The second-order valence-corrected chi connectivity index (χ2v) is 8.08. The van der Waals surface area contributed by atoms with Gasteiger partial charge in [0.05, 0.1) is 0 Å². The first-order valence-electron chi connectivity index (χ1n) is 9.11. The van der Waals surface area contributed by atoms with E-state index in [9.17, 15) is 19.5 Å². The Labute approximate surface area is 154 Å². The Kier molecular flexibility index (Phi) is 7.87. The van der Waals surface area contributed by atoms with Crippen LogP contribution in [0.1, 0.15) is 53.9 Å². The van der Waals surface area contributed by atoms with E-state index in [-0.39, 0.29) is 24.9 Å². The van der Waals surface area contributed by atoms with Crippen molar-refractivity contribution in [1.82, 2.24) is 10.2 Å². The minimum atomic E-state index is -1.03. The summed E-state index contributed by atoms with van der Waals surface area (Å²) in [5.74, 6) is -1.48. The van der Waals surface area contributed by atoms with Crippen LogP contribution in [0.4, 0.5) is 4.79 Å². The third-order valence-electron chi connectivity index (χ3n) is 4.48. The third-order valence-corrected chi connectivity index (χ3v) is 4.48. The maximum Gasteiger partial charge on any atom is 0.408 e. The molecule has 2 amide bonds. The molecule has 0 aromatic rings. The van der Waals surface area contributed by atoms with Crippen LogP contribution in [0.3, 0.4) is 0 Å². The number of likely N-dealkylation sites (tertiary alicyclic amines) is 1. The molecule has 3 atom stereocenters. The molecule has 1 aliphatic rings. The molecule has 0 radical (unpaired) electrons. The molecule has 1 saturated heterocycles. The van der Waals surface area contributed by atoms with Gasteiger partial charge in [-0.2, -0.15) is 0 Å². The molecule has 0 aliphatic carbocycles. The molecular weight excluding hydrogens is 340 g/mol. The zero-order valence-electron chi connectivity index (χ0n) is 16.3. The number of nitrogens with zero attached hydrogens (tertiary/aromatic N) is 1. The lowest BCUT2D eigenvalue weighted by Crippen LogP contribution is -2.53. The number of carbonyl (C=O) groups excluding carboxylic acids is 2. The molecule has 0 bridgehead atoms. The average molecular weight is 372 g/mol. The van der Waals surface area contributed by atoms with Crippen LogP contribution in [0.25, 0.3) is 0 Å². The topological polar surface area (TPSA) is 116 Å². The Hall–Kier alpha value is -1.83. The van der Waals surface area contributed by atoms with E-state index in [1.165, 1.54) is 4.90 Å². The molecule has 8 heteroatoms. The number of ether oxygens (including phenoxy) is 1. The Morgan fingerprint density at radius 1 is 1.27 bits per heavy atom. The van der Waals surface area contributed by atoms with Gasteiger partial charge in [0.25, 0.3) is 0 Å². The standard InChI is InChI=1S/C18H32N2O6/c1-11(2)12-8-9-20(14(12)16(23)24)15(22)13(7-6-10-21)19-17(25)26-18(3,4)5/h11-14,21H,6-10H2,1-5H3,(H,19,25)(H,23,24)/t12?,13-,14-/m0/s1. The van der Waals surface area contributed by atoms with Crippen molar-refractivity contribution in [1.29, 1.82) is 0 Å². The molecule has 1 rings (SSSR count). The van der Waals surface area contributed by atoms with Crippen LogP contribution in [0, 0.1) is 11.8 Å². The van der Waals surface area contributed by atoms with Crippen molar-refractivity contribution < 1.29 is 29.3 Å². The molecule has 0 spiro atoms. The van der Waals surface area contributed by atoms with Gasteiger partial charge in [0.2, 0.25) is 5.91 Å². The van der Waals surface area contributed by atoms with Gasteiger partial charge in [0.1, 0.15) is 17.7 Å². The van der Waals surface area contributed by atoms with E-state index in [1.54, 1.807) is 20.8 Å². The molecular formula is C18H32N2O6. The first-order chi connectivity index (χ1) is 12.0. The lowest BCUT2D eigenvalue weighted by molar-refractivity contribution is -0.151. The highest BCUT2D eigenvalue weighted by atomic mass is 16.6. The quantitative estimate of drug-likeness (QED) is 0.625. The van der Waals surface area contributed by atoms with Gasteiger partial charge in [0.15, 0.2) is 0 Å². The minimum Gasteiger partial charge on any atom is -0.480 e. The number of alkyl carbamates (subject to hydrolysis) is 1. The van der Waals surface area contributed by atoms with Crippen molar-refractivity contribution >= 4 is 18.0 Å². The summed E-state index contributed by atoms with van der Waals surface area (Å²) < 4.78 is 5.20. The number of hydrogen-bond acceptors (Lipinski definition) is 5. The summed E-state index contributed by atoms with van der Waals surface area (Å²) in [5.41, 5.74) is -0.714. The molecule has 1 aliphatic heterocycles. The van der Waals surface area contributed by atoms with E-state index in [0.717, 1.165) is 0 Å². The Morgan fingerprint density at radius 3 is 2.35 bits per heavy atom. The van der Waals surface area contributed by atoms with E-state index in [4.69, 9.17) is 9.84 Å². The summed E-state index contributed by atoms with van der Waals surface area (Å²) in [7, 11) is 0. The number of carboxylic acid groups (broad SMARTS) is 1. The first-order valence-corrected chi connectivity index (χ1v) is 9.11. The molecule has 1 heterocycles. The monoisotopic (exact) mass is 372 g/mol. The van der Waals surface area contributed by atoms with E-state index in [0.29, 0.717) is 19.4 Å². The van der Waals surface area contributed by atoms with Crippen LogP contribution in [0.2, 0.25) is 0 Å². The van der Waals surface area contributed by atoms with Crippen molar-refractivity contribution in [2.24, 2.45) is 11.8 Å². The lowest BCUT2D eigenvalue weighted by atomic mass is 9.88. The van der Waals surface area contributed by atoms with Crippen LogP contribution in [-0.2, 0) is 14.3 Å². The summed E-state index contributed by atoms with van der Waals surface area (Å²) in [5, 5.41) is 21.2. The van der Waals surface area contributed by atoms with Crippen LogP contribution >= 0.6 is 0 Å². The highest BCUT2D eigenvalue weighted by molar-refractivity contribution is 5.90. The minimum absolute atomic E-state index is 0.128. The number of aliphatic carboxylic acids is 1. The molecule has 0 aromatic heterocycles. The number of hydrogen-bond donors (Lipinski definition) is 3. The van der Waals surface area contributed by atoms with E-state index >= 15 is 0 Å². The Bertz CT molecular complexity index is 514. The summed E-state index contributed by atoms with van der Waals surface area (Å²) in [4.78, 5) is 38.1. The van der Waals surface area contributed by atoms with Gasteiger partial charge in [-0.25, -0.2) is 9.59 Å². The fourth-order valence-electron chi connectivity index (χ4n) is 3.28. The summed E-state index contributed by atoms with van der Waals surface area (Å²) in [6.45, 7) is 9.23. The van der Waals surface area contributed by atoms with Gasteiger partial charge in [-0.05, 0) is 51.9 Å². The predicted molar refractivity (Wildman–Crippen MR) is 95.6 cm³/mol. The Morgan fingerprint density at radius 2 is 1.88 bits per heavy atom. The maximum absolute atomic E-state index is 12.9. The fraction of sp³-hybridized carbons (Fsp3) is 0.833. The van der Waals surface area contributed by atoms with Gasteiger partial charge in [-0.15, -0.1) is 0 Å². The lowest BCUT2D eigenvalue weighted by Gasteiger charge is -2.30. The van der Waals surface area contributed by atoms with E-state index < -0.39 is 35.7 Å². The number of carboxylic acids is 1. The highest BCUT2D eigenvalue weighted by Crippen LogP contribution is 2.31. The molecule has 0 aromatic carbocycles. The van der Waals surface area contributed by atoms with Crippen molar-refractivity contribution in [3.8, 4) is 0 Å². The van der Waals surface area contributed by atoms with Crippen LogP contribution in [0.5, 0.6) is 0 Å². The molecule has 3 N–H and O–H groups in total. The highest BCUT2D eigenvalue weighted by Gasteiger charge is 2.44. The molecule has 0 saturated carbocycles. The third kappa shape index (κ3) is 6.16. The predicted octanol–water partition coefficient (Wildman–Crippen LogP) is 1.61. The second kappa shape index (κ2) is 9.21. The number of carbonyl (C=O) groups is 3. The van der Waals surface area contributed by atoms with Gasteiger partial charge in [-0.1, -0.05) is 13.8 Å².